The number of nitrogens with zero attached hydrogens (tertiary/aromatic N) is 2. The molecule has 2 N–H and O–H groups in total. The zero-order valence-electron chi connectivity index (χ0n) is 10.9. The lowest BCUT2D eigenvalue weighted by Gasteiger charge is -2.21. The molecule has 17 heavy (non-hydrogen) atoms. The lowest BCUT2D eigenvalue weighted by atomic mass is 9.92. The fraction of sp³-hybridized carbons (Fsp3) is 0.769. The number of hydrogen-bond donors (Lipinski definition) is 1. The van der Waals surface area contributed by atoms with E-state index < -0.39 is 0 Å². The van der Waals surface area contributed by atoms with Gasteiger partial charge in [-0.1, -0.05) is 0 Å². The molecule has 96 valence electrons. The van der Waals surface area contributed by atoms with E-state index in [1.54, 1.807) is 0 Å². The summed E-state index contributed by atoms with van der Waals surface area (Å²) in [6.07, 6.45) is 6.41. The summed E-state index contributed by atoms with van der Waals surface area (Å²) in [6.45, 7) is 3.80. The summed E-state index contributed by atoms with van der Waals surface area (Å²) >= 11 is 0. The molecule has 0 amide bonds. The van der Waals surface area contributed by atoms with Gasteiger partial charge in [0.15, 0.2) is 0 Å². The van der Waals surface area contributed by atoms with Crippen molar-refractivity contribution in [1.29, 1.82) is 0 Å². The number of aryl methyl sites for hydroxylation is 2. The molecular weight excluding hydrogens is 214 g/mol. The van der Waals surface area contributed by atoms with Gasteiger partial charge in [0.2, 0.25) is 0 Å². The molecule has 1 aliphatic heterocycles. The quantitative estimate of drug-likeness (QED) is 0.865. The van der Waals surface area contributed by atoms with Crippen molar-refractivity contribution in [1.82, 2.24) is 9.78 Å². The van der Waals surface area contributed by atoms with Crippen LogP contribution in [0.1, 0.15) is 43.4 Å². The van der Waals surface area contributed by atoms with E-state index in [1.807, 2.05) is 11.7 Å². The predicted molar refractivity (Wildman–Crippen MR) is 68.0 cm³/mol. The average Bonchev–Trinajstić information content (AvgIpc) is 2.69. The molecule has 0 aliphatic carbocycles. The third-order valence-electron chi connectivity index (χ3n) is 3.41. The lowest BCUT2D eigenvalue weighted by molar-refractivity contribution is 0.0842. The van der Waals surface area contributed by atoms with Gasteiger partial charge in [-0.3, -0.25) is 4.68 Å². The Kier molecular flexibility index (Phi) is 4.18. The smallest absolute Gasteiger partial charge is 0.0689 e. The van der Waals surface area contributed by atoms with Gasteiger partial charge in [-0.2, -0.15) is 5.10 Å². The van der Waals surface area contributed by atoms with E-state index in [0.29, 0.717) is 5.92 Å². The summed E-state index contributed by atoms with van der Waals surface area (Å²) in [5.41, 5.74) is 8.47. The summed E-state index contributed by atoms with van der Waals surface area (Å²) in [5, 5.41) is 4.63. The third-order valence-corrected chi connectivity index (χ3v) is 3.41. The van der Waals surface area contributed by atoms with Crippen LogP contribution in [0.2, 0.25) is 0 Å². The van der Waals surface area contributed by atoms with Gasteiger partial charge in [-0.25, -0.2) is 0 Å². The Labute approximate surface area is 103 Å². The normalized spacial score (nSPS) is 19.5. The number of nitrogens with two attached hydrogens (primary N) is 1. The second-order valence-corrected chi connectivity index (χ2v) is 5.12. The van der Waals surface area contributed by atoms with Crippen LogP contribution in [0.25, 0.3) is 0 Å². The van der Waals surface area contributed by atoms with Gasteiger partial charge in [0.05, 0.1) is 5.69 Å². The van der Waals surface area contributed by atoms with Crippen molar-refractivity contribution >= 4 is 0 Å². The molecule has 0 spiro atoms. The van der Waals surface area contributed by atoms with Crippen molar-refractivity contribution < 1.29 is 4.74 Å². The molecule has 0 unspecified atom stereocenters. The van der Waals surface area contributed by atoms with Crippen LogP contribution in [0, 0.1) is 0 Å². The molecule has 4 heteroatoms. The van der Waals surface area contributed by atoms with Crippen LogP contribution in [-0.4, -0.2) is 29.0 Å². The Hall–Kier alpha value is -0.870. The van der Waals surface area contributed by atoms with E-state index >= 15 is 0 Å². The summed E-state index contributed by atoms with van der Waals surface area (Å²) in [5.74, 6) is 0.577. The molecule has 1 aromatic heterocycles. The van der Waals surface area contributed by atoms with Gasteiger partial charge in [-0.15, -0.1) is 0 Å². The first kappa shape index (κ1) is 12.6. The maximum absolute atomic E-state index is 5.83. The van der Waals surface area contributed by atoms with Crippen LogP contribution < -0.4 is 5.73 Å². The number of aromatic nitrogens is 2. The van der Waals surface area contributed by atoms with Crippen LogP contribution in [-0.2, 0) is 18.2 Å². The van der Waals surface area contributed by atoms with Crippen LogP contribution in [0.4, 0.5) is 0 Å². The SMILES string of the molecule is C[C@@H](N)CCc1cn(C)nc1C1CCOCC1. The second kappa shape index (κ2) is 5.65. The van der Waals surface area contributed by atoms with Gasteiger partial charge in [0.1, 0.15) is 0 Å². The first-order valence-electron chi connectivity index (χ1n) is 6.52. The minimum atomic E-state index is 0.262. The Morgan fingerprint density at radius 2 is 2.24 bits per heavy atom. The largest absolute Gasteiger partial charge is 0.381 e. The molecule has 1 saturated heterocycles. The minimum absolute atomic E-state index is 0.262. The third kappa shape index (κ3) is 3.30. The van der Waals surface area contributed by atoms with Crippen LogP contribution in [0.5, 0.6) is 0 Å². The Bertz CT molecular complexity index is 354. The molecule has 1 atom stereocenters. The number of ether oxygens (including phenoxy) is 1. The van der Waals surface area contributed by atoms with E-state index in [2.05, 4.69) is 18.2 Å². The molecule has 0 bridgehead atoms. The Morgan fingerprint density at radius 1 is 1.53 bits per heavy atom. The molecule has 2 heterocycles. The first-order chi connectivity index (χ1) is 8.16. The van der Waals surface area contributed by atoms with E-state index in [-0.39, 0.29) is 6.04 Å². The highest BCUT2D eigenvalue weighted by Gasteiger charge is 2.21. The van der Waals surface area contributed by atoms with Crippen LogP contribution in [0.3, 0.4) is 0 Å². The van der Waals surface area contributed by atoms with Gasteiger partial charge in [0, 0.05) is 38.4 Å². The lowest BCUT2D eigenvalue weighted by Crippen LogP contribution is -2.18. The number of hydrogen-bond acceptors (Lipinski definition) is 3. The first-order valence-corrected chi connectivity index (χ1v) is 6.52. The van der Waals surface area contributed by atoms with Gasteiger partial charge < -0.3 is 10.5 Å². The molecule has 4 nitrogen and oxygen atoms in total. The summed E-state index contributed by atoms with van der Waals surface area (Å²) < 4.78 is 7.34. The maximum Gasteiger partial charge on any atom is 0.0689 e. The van der Waals surface area contributed by atoms with Crippen molar-refractivity contribution in [2.45, 2.75) is 44.6 Å². The average molecular weight is 237 g/mol. The monoisotopic (exact) mass is 237 g/mol. The molecule has 0 radical (unpaired) electrons. The van der Waals surface area contributed by atoms with E-state index in [9.17, 15) is 0 Å². The van der Waals surface area contributed by atoms with Crippen molar-refractivity contribution in [3.63, 3.8) is 0 Å². The summed E-state index contributed by atoms with van der Waals surface area (Å²) in [6, 6.07) is 0.262. The summed E-state index contributed by atoms with van der Waals surface area (Å²) in [4.78, 5) is 0. The van der Waals surface area contributed by atoms with Crippen molar-refractivity contribution in [3.8, 4) is 0 Å². The topological polar surface area (TPSA) is 53.1 Å². The Morgan fingerprint density at radius 3 is 2.88 bits per heavy atom. The number of rotatable bonds is 4. The Balaban J connectivity index is 2.08. The molecule has 0 aromatic carbocycles. The van der Waals surface area contributed by atoms with Crippen molar-refractivity contribution in [2.24, 2.45) is 12.8 Å². The van der Waals surface area contributed by atoms with Crippen molar-refractivity contribution in [2.75, 3.05) is 13.2 Å². The zero-order chi connectivity index (χ0) is 12.3. The fourth-order valence-electron chi connectivity index (χ4n) is 2.45. The molecule has 1 aromatic rings. The van der Waals surface area contributed by atoms with E-state index in [4.69, 9.17) is 10.5 Å². The van der Waals surface area contributed by atoms with Gasteiger partial charge in [-0.05, 0) is 38.2 Å². The standard InChI is InChI=1S/C13H23N3O/c1-10(14)3-4-12-9-16(2)15-13(12)11-5-7-17-8-6-11/h9-11H,3-8,14H2,1-2H3/t10-/m1/s1. The van der Waals surface area contributed by atoms with Crippen LogP contribution >= 0.6 is 0 Å². The molecule has 0 saturated carbocycles. The zero-order valence-corrected chi connectivity index (χ0v) is 10.9. The minimum Gasteiger partial charge on any atom is -0.381 e. The summed E-state index contributed by atoms with van der Waals surface area (Å²) in [7, 11) is 2.00. The van der Waals surface area contributed by atoms with Crippen LogP contribution in [0.15, 0.2) is 6.20 Å². The fourth-order valence-corrected chi connectivity index (χ4v) is 2.45. The highest BCUT2D eigenvalue weighted by molar-refractivity contribution is 5.22. The highest BCUT2D eigenvalue weighted by Crippen LogP contribution is 2.28. The maximum atomic E-state index is 5.83. The van der Waals surface area contributed by atoms with E-state index in [0.717, 1.165) is 38.9 Å². The second-order valence-electron chi connectivity index (χ2n) is 5.12. The highest BCUT2D eigenvalue weighted by atomic mass is 16.5. The van der Waals surface area contributed by atoms with Gasteiger partial charge in [0.25, 0.3) is 0 Å². The molecular formula is C13H23N3O. The molecule has 1 aliphatic rings. The molecule has 1 fully saturated rings. The van der Waals surface area contributed by atoms with Gasteiger partial charge >= 0.3 is 0 Å². The molecule has 2 rings (SSSR count). The predicted octanol–water partition coefficient (Wildman–Crippen LogP) is 1.59. The van der Waals surface area contributed by atoms with Crippen molar-refractivity contribution in [3.05, 3.63) is 17.5 Å². The van der Waals surface area contributed by atoms with E-state index in [1.165, 1.54) is 11.3 Å².